The molecule has 1 fully saturated rings. The minimum Gasteiger partial charge on any atom is -0.390 e. The number of aromatic amines is 1. The highest BCUT2D eigenvalue weighted by molar-refractivity contribution is 5.96. The van der Waals surface area contributed by atoms with E-state index in [1.165, 1.54) is 10.6 Å². The zero-order chi connectivity index (χ0) is 21.9. The molecule has 1 aliphatic carbocycles. The average molecular weight is 430 g/mol. The summed E-state index contributed by atoms with van der Waals surface area (Å²) in [6.45, 7) is 2.82. The van der Waals surface area contributed by atoms with Crippen molar-refractivity contribution in [2.45, 2.75) is 51.3 Å². The molecule has 31 heavy (non-hydrogen) atoms. The molecular formula is C21H21F3N6O. The Labute approximate surface area is 175 Å². The van der Waals surface area contributed by atoms with Crippen molar-refractivity contribution in [3.63, 3.8) is 0 Å². The number of fused-ring (bicyclic) bond motifs is 2. The van der Waals surface area contributed by atoms with Gasteiger partial charge in [-0.2, -0.15) is 4.98 Å². The molecular weight excluding hydrogens is 409 g/mol. The number of anilines is 1. The van der Waals surface area contributed by atoms with Gasteiger partial charge < -0.3 is 20.0 Å². The maximum absolute atomic E-state index is 14.7. The summed E-state index contributed by atoms with van der Waals surface area (Å²) in [6.07, 6.45) is 2.00. The first-order valence-electron chi connectivity index (χ1n) is 9.98. The second-order valence-electron chi connectivity index (χ2n) is 8.39. The maximum Gasteiger partial charge on any atom is 0.256 e. The molecule has 3 aromatic heterocycles. The number of aromatic nitrogens is 5. The van der Waals surface area contributed by atoms with Crippen LogP contribution in [0.4, 0.5) is 19.1 Å². The molecule has 0 atom stereocenters. The summed E-state index contributed by atoms with van der Waals surface area (Å²) in [5.74, 6) is 0.196. The maximum atomic E-state index is 14.7. The molecule has 0 amide bonds. The number of halogens is 3. The molecule has 0 saturated heterocycles. The van der Waals surface area contributed by atoms with Crippen LogP contribution in [-0.4, -0.2) is 47.7 Å². The molecule has 1 saturated carbocycles. The smallest absolute Gasteiger partial charge is 0.256 e. The zero-order valence-corrected chi connectivity index (χ0v) is 17.0. The van der Waals surface area contributed by atoms with Crippen molar-refractivity contribution < 1.29 is 18.3 Å². The van der Waals surface area contributed by atoms with Gasteiger partial charge in [-0.1, -0.05) is 0 Å². The number of imidazole rings is 1. The Hall–Kier alpha value is -3.14. The number of benzene rings is 1. The van der Waals surface area contributed by atoms with Crippen molar-refractivity contribution in [3.8, 4) is 11.1 Å². The number of aryl methyl sites for hydroxylation is 1. The molecule has 0 aliphatic heterocycles. The van der Waals surface area contributed by atoms with Gasteiger partial charge in [0, 0.05) is 29.4 Å². The van der Waals surface area contributed by atoms with Crippen molar-refractivity contribution in [1.82, 2.24) is 24.5 Å². The van der Waals surface area contributed by atoms with Crippen LogP contribution in [-0.2, 0) is 6.54 Å². The summed E-state index contributed by atoms with van der Waals surface area (Å²) >= 11 is 0. The lowest BCUT2D eigenvalue weighted by Gasteiger charge is -2.41. The van der Waals surface area contributed by atoms with Crippen molar-refractivity contribution in [3.05, 3.63) is 36.2 Å². The molecule has 5 rings (SSSR count). The second kappa shape index (κ2) is 6.94. The summed E-state index contributed by atoms with van der Waals surface area (Å²) < 4.78 is 42.1. The zero-order valence-electron chi connectivity index (χ0n) is 17.0. The van der Waals surface area contributed by atoms with Crippen LogP contribution < -0.4 is 5.32 Å². The molecule has 7 nitrogen and oxygen atoms in total. The quantitative estimate of drug-likeness (QED) is 0.445. The van der Waals surface area contributed by atoms with Crippen molar-refractivity contribution in [1.29, 1.82) is 0 Å². The van der Waals surface area contributed by atoms with Crippen LogP contribution in [0.15, 0.2) is 24.5 Å². The van der Waals surface area contributed by atoms with Gasteiger partial charge in [0.2, 0.25) is 5.95 Å². The van der Waals surface area contributed by atoms with Gasteiger partial charge in [0.1, 0.15) is 17.0 Å². The number of H-pyrrole nitrogens is 1. The molecule has 1 aromatic carbocycles. The lowest BCUT2D eigenvalue weighted by atomic mass is 9.77. The molecule has 0 bridgehead atoms. The van der Waals surface area contributed by atoms with Crippen LogP contribution in [0.3, 0.4) is 0 Å². The molecule has 3 heterocycles. The van der Waals surface area contributed by atoms with Gasteiger partial charge in [0.15, 0.2) is 5.82 Å². The fourth-order valence-electron chi connectivity index (χ4n) is 4.32. The number of rotatable bonds is 5. The summed E-state index contributed by atoms with van der Waals surface area (Å²) in [7, 11) is 0. The first-order valence-corrected chi connectivity index (χ1v) is 9.98. The Balaban J connectivity index is 1.51. The van der Waals surface area contributed by atoms with E-state index in [9.17, 15) is 18.3 Å². The summed E-state index contributed by atoms with van der Waals surface area (Å²) in [5.41, 5.74) is 1.48. The lowest BCUT2D eigenvalue weighted by Crippen LogP contribution is -2.48. The average Bonchev–Trinajstić information content (AvgIpc) is 3.22. The van der Waals surface area contributed by atoms with Crippen LogP contribution in [0.5, 0.6) is 0 Å². The van der Waals surface area contributed by atoms with E-state index in [-0.39, 0.29) is 11.6 Å². The van der Waals surface area contributed by atoms with Crippen molar-refractivity contribution >= 4 is 28.0 Å². The molecule has 162 valence electrons. The van der Waals surface area contributed by atoms with Crippen LogP contribution >= 0.6 is 0 Å². The molecule has 3 N–H and O–H groups in total. The fourth-order valence-corrected chi connectivity index (χ4v) is 4.32. The molecule has 10 heteroatoms. The monoisotopic (exact) mass is 430 g/mol. The summed E-state index contributed by atoms with van der Waals surface area (Å²) in [4.78, 5) is 16.0. The van der Waals surface area contributed by atoms with Gasteiger partial charge in [-0.15, -0.1) is 0 Å². The predicted molar refractivity (Wildman–Crippen MR) is 111 cm³/mol. The highest BCUT2D eigenvalue weighted by atomic mass is 19.3. The van der Waals surface area contributed by atoms with Crippen molar-refractivity contribution in [2.75, 3.05) is 5.32 Å². The van der Waals surface area contributed by atoms with Crippen LogP contribution in [0, 0.1) is 12.7 Å². The second-order valence-corrected chi connectivity index (χ2v) is 8.39. The molecule has 0 radical (unpaired) electrons. The number of hydrogen-bond acceptors (Lipinski definition) is 5. The van der Waals surface area contributed by atoms with E-state index in [1.54, 1.807) is 32.3 Å². The molecule has 0 spiro atoms. The van der Waals surface area contributed by atoms with E-state index in [4.69, 9.17) is 0 Å². The Morgan fingerprint density at radius 2 is 2.10 bits per heavy atom. The lowest BCUT2D eigenvalue weighted by molar-refractivity contribution is -0.0235. The third-order valence-electron chi connectivity index (χ3n) is 5.77. The van der Waals surface area contributed by atoms with E-state index < -0.39 is 24.4 Å². The number of nitrogens with zero attached hydrogens (tertiary/aromatic N) is 4. The first-order chi connectivity index (χ1) is 14.7. The summed E-state index contributed by atoms with van der Waals surface area (Å²) in [6, 6.07) is 3.11. The van der Waals surface area contributed by atoms with E-state index in [2.05, 4.69) is 25.3 Å². The van der Waals surface area contributed by atoms with E-state index in [0.717, 1.165) is 0 Å². The van der Waals surface area contributed by atoms with Crippen LogP contribution in [0.25, 0.3) is 33.2 Å². The Morgan fingerprint density at radius 3 is 2.81 bits per heavy atom. The number of nitrogens with one attached hydrogen (secondary N) is 2. The van der Waals surface area contributed by atoms with E-state index in [1.807, 2.05) is 0 Å². The van der Waals surface area contributed by atoms with Crippen LogP contribution in [0.1, 0.15) is 25.6 Å². The SMILES string of the molecule is Cc1nc2c(F)cc(-c3c[nH]c4nc(NC5CC(C)(O)C5)ncc34)cc2n1CC(F)F. The van der Waals surface area contributed by atoms with Gasteiger partial charge in [-0.05, 0) is 44.4 Å². The predicted octanol–water partition coefficient (Wildman–Crippen LogP) is 4.01. The van der Waals surface area contributed by atoms with Crippen molar-refractivity contribution in [2.24, 2.45) is 0 Å². The van der Waals surface area contributed by atoms with Gasteiger partial charge in [-0.3, -0.25) is 0 Å². The highest BCUT2D eigenvalue weighted by Gasteiger charge is 2.38. The Kier molecular flexibility index (Phi) is 4.44. The number of hydrogen-bond donors (Lipinski definition) is 3. The minimum absolute atomic E-state index is 0.0702. The molecule has 1 aliphatic rings. The van der Waals surface area contributed by atoms with Gasteiger partial charge in [0.05, 0.1) is 17.7 Å². The highest BCUT2D eigenvalue weighted by Crippen LogP contribution is 2.35. The van der Waals surface area contributed by atoms with E-state index in [0.29, 0.717) is 52.3 Å². The van der Waals surface area contributed by atoms with Crippen LogP contribution in [0.2, 0.25) is 0 Å². The first kappa shape index (κ1) is 19.8. The topological polar surface area (TPSA) is 91.7 Å². The summed E-state index contributed by atoms with van der Waals surface area (Å²) in [5, 5.41) is 13.7. The largest absolute Gasteiger partial charge is 0.390 e. The normalized spacial score (nSPS) is 21.2. The van der Waals surface area contributed by atoms with Gasteiger partial charge in [-0.25, -0.2) is 23.1 Å². The molecule has 4 aromatic rings. The molecule has 0 unspecified atom stereocenters. The van der Waals surface area contributed by atoms with E-state index >= 15 is 0 Å². The Bertz CT molecular complexity index is 1290. The minimum atomic E-state index is -2.57. The fraction of sp³-hybridized carbons (Fsp3) is 0.381. The number of aliphatic hydroxyl groups is 1. The Morgan fingerprint density at radius 1 is 1.32 bits per heavy atom. The van der Waals surface area contributed by atoms with Gasteiger partial charge >= 0.3 is 0 Å². The van der Waals surface area contributed by atoms with Gasteiger partial charge in [0.25, 0.3) is 6.43 Å². The number of alkyl halides is 2. The third-order valence-corrected chi connectivity index (χ3v) is 5.77. The third kappa shape index (κ3) is 3.50. The standard InChI is InChI=1S/C21H21F3N6O/c1-10-27-18-15(22)3-11(4-16(18)30(10)9-17(23)24)13-7-25-19-14(13)8-26-20(29-19)28-12-5-21(2,31)6-12/h3-4,7-8,12,17,31H,5-6,9H2,1-2H3,(H2,25,26,28,29).